The summed E-state index contributed by atoms with van der Waals surface area (Å²) in [6.07, 6.45) is -1.30. The molecule has 3 rings (SSSR count). The van der Waals surface area contributed by atoms with Crippen molar-refractivity contribution in [2.24, 2.45) is 0 Å². The molecule has 3 atom stereocenters. The summed E-state index contributed by atoms with van der Waals surface area (Å²) in [7, 11) is 0. The first-order valence-electron chi connectivity index (χ1n) is 7.51. The third-order valence-electron chi connectivity index (χ3n) is 4.43. The van der Waals surface area contributed by atoms with Gasteiger partial charge in [-0.25, -0.2) is 4.79 Å². The maximum absolute atomic E-state index is 12.3. The Bertz CT molecular complexity index is 730. The van der Waals surface area contributed by atoms with Crippen LogP contribution < -0.4 is 5.32 Å². The van der Waals surface area contributed by atoms with E-state index >= 15 is 0 Å². The van der Waals surface area contributed by atoms with E-state index in [1.54, 1.807) is 24.3 Å². The summed E-state index contributed by atoms with van der Waals surface area (Å²) in [5.41, 5.74) is 1.43. The van der Waals surface area contributed by atoms with E-state index in [4.69, 9.17) is 0 Å². The van der Waals surface area contributed by atoms with Gasteiger partial charge in [0.05, 0.1) is 6.04 Å². The Morgan fingerprint density at radius 3 is 2.38 bits per heavy atom. The second-order valence-corrected chi connectivity index (χ2v) is 6.01. The van der Waals surface area contributed by atoms with E-state index in [9.17, 15) is 24.3 Å². The van der Waals surface area contributed by atoms with Crippen molar-refractivity contribution in [1.29, 1.82) is 0 Å². The highest BCUT2D eigenvalue weighted by Crippen LogP contribution is 2.32. The molecule has 3 amide bonds. The van der Waals surface area contributed by atoms with Crippen LogP contribution in [0.5, 0.6) is 0 Å². The molecule has 24 heavy (non-hydrogen) atoms. The molecular weight excluding hydrogens is 314 g/mol. The van der Waals surface area contributed by atoms with Crippen molar-refractivity contribution < 1.29 is 24.3 Å². The molecule has 0 aromatic heterocycles. The zero-order valence-corrected chi connectivity index (χ0v) is 13.2. The Labute approximate surface area is 138 Å². The fraction of sp³-hybridized carbons (Fsp3) is 0.375. The molecule has 0 bridgehead atoms. The first-order chi connectivity index (χ1) is 11.3. The average Bonchev–Trinajstić information content (AvgIpc) is 2.89. The Morgan fingerprint density at radius 2 is 1.83 bits per heavy atom. The topological polar surface area (TPSA) is 107 Å². The van der Waals surface area contributed by atoms with Crippen LogP contribution in [0, 0.1) is 6.92 Å². The van der Waals surface area contributed by atoms with Gasteiger partial charge in [-0.2, -0.15) is 0 Å². The van der Waals surface area contributed by atoms with Gasteiger partial charge in [-0.1, -0.05) is 17.7 Å². The minimum absolute atomic E-state index is 0.0941. The monoisotopic (exact) mass is 331 g/mol. The van der Waals surface area contributed by atoms with Crippen molar-refractivity contribution >= 4 is 23.7 Å². The third-order valence-corrected chi connectivity index (χ3v) is 4.43. The average molecular weight is 331 g/mol. The standard InChI is InChI=1S/C16H17N3O5/c1-8-3-5-10(6-4-8)13(21)17-12-11-7-18(9(2)20)14(16(23)24)19(11)15(12)22/h3-6,11-12,14H,7H2,1-2H3,(H,17,21)(H,23,24)/t11?,12-,14?/m1/s1. The van der Waals surface area contributed by atoms with Gasteiger partial charge < -0.3 is 20.2 Å². The van der Waals surface area contributed by atoms with Crippen LogP contribution in [0.4, 0.5) is 0 Å². The molecule has 8 nitrogen and oxygen atoms in total. The molecule has 8 heteroatoms. The predicted molar refractivity (Wildman–Crippen MR) is 81.9 cm³/mol. The predicted octanol–water partition coefficient (Wildman–Crippen LogP) is -0.423. The fourth-order valence-electron chi connectivity index (χ4n) is 3.15. The molecule has 0 spiro atoms. The normalized spacial score (nSPS) is 25.1. The van der Waals surface area contributed by atoms with E-state index < -0.39 is 41.9 Å². The van der Waals surface area contributed by atoms with Gasteiger partial charge in [-0.05, 0) is 19.1 Å². The van der Waals surface area contributed by atoms with Gasteiger partial charge in [0.1, 0.15) is 6.04 Å². The number of carboxylic acid groups (broad SMARTS) is 1. The van der Waals surface area contributed by atoms with Crippen LogP contribution in [0.25, 0.3) is 0 Å². The molecule has 2 saturated heterocycles. The number of aliphatic carboxylic acids is 1. The Hall–Kier alpha value is -2.90. The molecule has 1 aromatic rings. The lowest BCUT2D eigenvalue weighted by atomic mass is 9.96. The van der Waals surface area contributed by atoms with Gasteiger partial charge in [0, 0.05) is 19.0 Å². The highest BCUT2D eigenvalue weighted by molar-refractivity contribution is 6.02. The Kier molecular flexibility index (Phi) is 3.75. The van der Waals surface area contributed by atoms with Crippen LogP contribution in [0.3, 0.4) is 0 Å². The van der Waals surface area contributed by atoms with Crippen molar-refractivity contribution in [2.45, 2.75) is 32.1 Å². The van der Waals surface area contributed by atoms with Gasteiger partial charge in [0.15, 0.2) is 0 Å². The summed E-state index contributed by atoms with van der Waals surface area (Å²) in [6, 6.07) is 5.56. The third kappa shape index (κ3) is 2.40. The van der Waals surface area contributed by atoms with Crippen LogP contribution in [0.15, 0.2) is 24.3 Å². The molecule has 126 valence electrons. The summed E-state index contributed by atoms with van der Waals surface area (Å²) in [5.74, 6) is -2.57. The van der Waals surface area contributed by atoms with Gasteiger partial charge in [-0.3, -0.25) is 14.4 Å². The number of benzene rings is 1. The SMILES string of the molecule is CC(=O)N1CC2[C@@H](NC(=O)c3ccc(C)cc3)C(=O)N2C1C(=O)O. The molecule has 2 aliphatic rings. The highest BCUT2D eigenvalue weighted by atomic mass is 16.4. The van der Waals surface area contributed by atoms with Crippen LogP contribution in [-0.2, 0) is 14.4 Å². The van der Waals surface area contributed by atoms with Crippen LogP contribution >= 0.6 is 0 Å². The number of nitrogens with zero attached hydrogens (tertiary/aromatic N) is 2. The summed E-state index contributed by atoms with van der Waals surface area (Å²) >= 11 is 0. The van der Waals surface area contributed by atoms with E-state index in [1.807, 2.05) is 6.92 Å². The van der Waals surface area contributed by atoms with Gasteiger partial charge >= 0.3 is 5.97 Å². The zero-order chi connectivity index (χ0) is 17.6. The molecular formula is C16H17N3O5. The first-order valence-corrected chi connectivity index (χ1v) is 7.51. The number of amides is 3. The molecule has 0 saturated carbocycles. The summed E-state index contributed by atoms with van der Waals surface area (Å²) < 4.78 is 0. The number of hydrogen-bond acceptors (Lipinski definition) is 4. The molecule has 0 radical (unpaired) electrons. The van der Waals surface area contributed by atoms with E-state index in [2.05, 4.69) is 5.32 Å². The second-order valence-electron chi connectivity index (χ2n) is 6.01. The maximum Gasteiger partial charge on any atom is 0.347 e. The van der Waals surface area contributed by atoms with Crippen molar-refractivity contribution in [2.75, 3.05) is 6.54 Å². The lowest BCUT2D eigenvalue weighted by Gasteiger charge is -2.43. The van der Waals surface area contributed by atoms with E-state index in [0.29, 0.717) is 5.56 Å². The van der Waals surface area contributed by atoms with Gasteiger partial charge in [0.2, 0.25) is 18.0 Å². The molecule has 0 aliphatic carbocycles. The largest absolute Gasteiger partial charge is 0.478 e. The van der Waals surface area contributed by atoms with Crippen LogP contribution in [0.2, 0.25) is 0 Å². The molecule has 2 N–H and O–H groups in total. The number of fused-ring (bicyclic) bond motifs is 1. The van der Waals surface area contributed by atoms with Crippen molar-refractivity contribution in [1.82, 2.24) is 15.1 Å². The van der Waals surface area contributed by atoms with E-state index in [0.717, 1.165) is 15.4 Å². The number of rotatable bonds is 3. The Morgan fingerprint density at radius 1 is 1.21 bits per heavy atom. The minimum Gasteiger partial charge on any atom is -0.478 e. The van der Waals surface area contributed by atoms with Crippen LogP contribution in [0.1, 0.15) is 22.8 Å². The second kappa shape index (κ2) is 5.63. The summed E-state index contributed by atoms with van der Waals surface area (Å²) in [5, 5.41) is 11.9. The Balaban J connectivity index is 1.75. The van der Waals surface area contributed by atoms with Gasteiger partial charge in [-0.15, -0.1) is 0 Å². The quantitative estimate of drug-likeness (QED) is 0.732. The number of carboxylic acids is 1. The van der Waals surface area contributed by atoms with Crippen molar-refractivity contribution in [3.8, 4) is 0 Å². The minimum atomic E-state index is -1.30. The maximum atomic E-state index is 12.3. The number of hydrogen-bond donors (Lipinski definition) is 2. The molecule has 2 unspecified atom stereocenters. The smallest absolute Gasteiger partial charge is 0.347 e. The molecule has 1 aromatic carbocycles. The number of aryl methyl sites for hydroxylation is 1. The molecule has 2 heterocycles. The van der Waals surface area contributed by atoms with E-state index in [1.165, 1.54) is 6.92 Å². The van der Waals surface area contributed by atoms with Crippen LogP contribution in [-0.4, -0.2) is 63.4 Å². The number of carbonyl (C=O) groups excluding carboxylic acids is 3. The zero-order valence-electron chi connectivity index (χ0n) is 13.2. The first kappa shape index (κ1) is 16.0. The lowest BCUT2D eigenvalue weighted by Crippen LogP contribution is -2.71. The lowest BCUT2D eigenvalue weighted by molar-refractivity contribution is -0.164. The molecule has 2 aliphatic heterocycles. The molecule has 2 fully saturated rings. The fourth-order valence-corrected chi connectivity index (χ4v) is 3.15. The number of nitrogens with one attached hydrogen (secondary N) is 1. The summed E-state index contributed by atoms with van der Waals surface area (Å²) in [6.45, 7) is 3.25. The van der Waals surface area contributed by atoms with E-state index in [-0.39, 0.29) is 6.54 Å². The number of carbonyl (C=O) groups is 4. The van der Waals surface area contributed by atoms with Crippen molar-refractivity contribution in [3.63, 3.8) is 0 Å². The van der Waals surface area contributed by atoms with Crippen molar-refractivity contribution in [3.05, 3.63) is 35.4 Å². The highest BCUT2D eigenvalue weighted by Gasteiger charge is 2.60. The van der Waals surface area contributed by atoms with Gasteiger partial charge in [0.25, 0.3) is 5.91 Å². The number of β-lactam (4-membered cyclic amide) rings is 1. The summed E-state index contributed by atoms with van der Waals surface area (Å²) in [4.78, 5) is 49.7.